The van der Waals surface area contributed by atoms with Gasteiger partial charge in [-0.05, 0) is 94.3 Å². The largest absolute Gasteiger partial charge is 0.443 e. The fourth-order valence-electron chi connectivity index (χ4n) is 4.10. The van der Waals surface area contributed by atoms with Crippen molar-refractivity contribution >= 4 is 56.4 Å². The van der Waals surface area contributed by atoms with Crippen LogP contribution >= 0.6 is 39.0 Å². The number of carbonyl (C=O) groups excluding carboxylic acids is 2. The molecule has 2 amide bonds. The Hall–Kier alpha value is -1.10. The predicted molar refractivity (Wildman–Crippen MR) is 136 cm³/mol. The van der Waals surface area contributed by atoms with Crippen molar-refractivity contribution in [1.82, 2.24) is 4.90 Å². The van der Waals surface area contributed by atoms with Crippen LogP contribution in [0.25, 0.3) is 0 Å². The lowest BCUT2D eigenvalue weighted by Gasteiger charge is -2.41. The van der Waals surface area contributed by atoms with Crippen molar-refractivity contribution in [3.05, 3.63) is 20.3 Å². The zero-order valence-electron chi connectivity index (χ0n) is 20.3. The number of rotatable bonds is 2. The summed E-state index contributed by atoms with van der Waals surface area (Å²) < 4.78 is 17.7. The van der Waals surface area contributed by atoms with Gasteiger partial charge < -0.3 is 14.2 Å². The molecule has 0 aromatic carbocycles. The average molecular weight is 562 g/mol. The standard InChI is InChI=1S/C23H33BrN2O5S2/c1-21(2,3)30-19(27)26(20(28)31-22(4,5)6)18-25-23(8-9-32-18)12-14(13-29-7)10-16-15(23)11-17(24)33-16/h11,14H,8-10,12-13H2,1-7H3. The molecular formula is C23H33BrN2O5S2. The summed E-state index contributed by atoms with van der Waals surface area (Å²) in [6.07, 6.45) is 0.971. The molecule has 184 valence electrons. The third-order valence-electron chi connectivity index (χ3n) is 5.18. The molecule has 33 heavy (non-hydrogen) atoms. The second-order valence-corrected chi connectivity index (χ2v) is 14.0. The zero-order chi connectivity index (χ0) is 24.6. The third-order valence-corrected chi connectivity index (χ3v) is 7.78. The Balaban J connectivity index is 2.06. The molecule has 0 N–H and O–H groups in total. The molecule has 2 unspecified atom stereocenters. The molecule has 10 heteroatoms. The number of halogens is 1. The number of thiophene rings is 1. The maximum absolute atomic E-state index is 13.2. The number of carbonyl (C=O) groups is 2. The monoisotopic (exact) mass is 560 g/mol. The number of amidine groups is 1. The summed E-state index contributed by atoms with van der Waals surface area (Å²) in [4.78, 5) is 33.6. The number of aliphatic imine (C=N–C) groups is 1. The Bertz CT molecular complexity index is 906. The molecule has 1 aromatic rings. The number of fused-ring (bicyclic) bond motifs is 2. The van der Waals surface area contributed by atoms with E-state index >= 15 is 0 Å². The Morgan fingerprint density at radius 3 is 2.33 bits per heavy atom. The van der Waals surface area contributed by atoms with Gasteiger partial charge >= 0.3 is 12.2 Å². The molecule has 1 aromatic heterocycles. The first kappa shape index (κ1) is 26.5. The van der Waals surface area contributed by atoms with Crippen LogP contribution in [0.15, 0.2) is 14.8 Å². The fourth-order valence-corrected chi connectivity index (χ4v) is 7.15. The normalized spacial score (nSPS) is 23.0. The van der Waals surface area contributed by atoms with E-state index < -0.39 is 28.9 Å². The van der Waals surface area contributed by atoms with Gasteiger partial charge in [-0.15, -0.1) is 11.3 Å². The van der Waals surface area contributed by atoms with Gasteiger partial charge in [-0.3, -0.25) is 0 Å². The van der Waals surface area contributed by atoms with E-state index in [0.29, 0.717) is 23.4 Å². The highest BCUT2D eigenvalue weighted by Crippen LogP contribution is 2.50. The van der Waals surface area contributed by atoms with Gasteiger partial charge in [-0.2, -0.15) is 4.90 Å². The van der Waals surface area contributed by atoms with Crippen molar-refractivity contribution in [2.24, 2.45) is 10.9 Å². The smallest absolute Gasteiger partial charge is 0.426 e. The lowest BCUT2D eigenvalue weighted by Crippen LogP contribution is -2.48. The zero-order valence-corrected chi connectivity index (χ0v) is 23.5. The first-order valence-electron chi connectivity index (χ1n) is 11.0. The number of hydrogen-bond acceptors (Lipinski definition) is 8. The highest BCUT2D eigenvalue weighted by molar-refractivity contribution is 9.11. The van der Waals surface area contributed by atoms with Gasteiger partial charge in [0.2, 0.25) is 0 Å². The molecular weight excluding hydrogens is 528 g/mol. The quantitative estimate of drug-likeness (QED) is 0.406. The summed E-state index contributed by atoms with van der Waals surface area (Å²) in [7, 11) is 1.71. The first-order valence-corrected chi connectivity index (χ1v) is 13.6. The molecule has 0 fully saturated rings. The van der Waals surface area contributed by atoms with Gasteiger partial charge in [0.25, 0.3) is 0 Å². The molecule has 1 aliphatic carbocycles. The van der Waals surface area contributed by atoms with Gasteiger partial charge in [0.15, 0.2) is 5.17 Å². The van der Waals surface area contributed by atoms with Crippen LogP contribution in [0.1, 0.15) is 64.8 Å². The Labute approximate surface area is 212 Å². The van der Waals surface area contributed by atoms with Gasteiger partial charge in [-0.1, -0.05) is 11.8 Å². The Morgan fingerprint density at radius 1 is 1.18 bits per heavy atom. The molecule has 1 aliphatic heterocycles. The summed E-state index contributed by atoms with van der Waals surface area (Å²) in [6, 6.07) is 2.13. The highest BCUT2D eigenvalue weighted by Gasteiger charge is 2.46. The van der Waals surface area contributed by atoms with Crippen molar-refractivity contribution in [3.8, 4) is 0 Å². The number of amides is 2. The van der Waals surface area contributed by atoms with E-state index in [4.69, 9.17) is 19.2 Å². The predicted octanol–water partition coefficient (Wildman–Crippen LogP) is 6.58. The molecule has 0 radical (unpaired) electrons. The molecule has 2 atom stereocenters. The molecule has 0 saturated heterocycles. The SMILES string of the molecule is COCC1Cc2sc(Br)cc2C2(CCSC(N(C(=O)OC(C)(C)C)C(=O)OC(C)(C)C)=N2)C1. The number of thioether (sulfide) groups is 1. The van der Waals surface area contributed by atoms with Crippen LogP contribution in [0.3, 0.4) is 0 Å². The number of imide groups is 1. The van der Waals surface area contributed by atoms with E-state index in [-0.39, 0.29) is 0 Å². The van der Waals surface area contributed by atoms with Gasteiger partial charge in [0.05, 0.1) is 9.33 Å². The maximum atomic E-state index is 13.2. The number of hydrogen-bond donors (Lipinski definition) is 0. The molecule has 1 spiro atoms. The maximum Gasteiger partial charge on any atom is 0.426 e. The lowest BCUT2D eigenvalue weighted by atomic mass is 9.74. The van der Waals surface area contributed by atoms with Crippen LogP contribution in [-0.2, 0) is 26.2 Å². The minimum atomic E-state index is -0.781. The second-order valence-electron chi connectivity index (χ2n) is 10.4. The van der Waals surface area contributed by atoms with Crippen LogP contribution in [0.4, 0.5) is 9.59 Å². The van der Waals surface area contributed by atoms with Crippen LogP contribution < -0.4 is 0 Å². The van der Waals surface area contributed by atoms with E-state index in [2.05, 4.69) is 22.0 Å². The van der Waals surface area contributed by atoms with Crippen molar-refractivity contribution < 1.29 is 23.8 Å². The third kappa shape index (κ3) is 6.52. The second kappa shape index (κ2) is 9.87. The van der Waals surface area contributed by atoms with E-state index in [9.17, 15) is 9.59 Å². The van der Waals surface area contributed by atoms with E-state index in [1.165, 1.54) is 16.6 Å². The minimum absolute atomic E-state index is 0.303. The Morgan fingerprint density at radius 2 is 1.79 bits per heavy atom. The van der Waals surface area contributed by atoms with Crippen LogP contribution in [0.2, 0.25) is 0 Å². The topological polar surface area (TPSA) is 77.4 Å². The minimum Gasteiger partial charge on any atom is -0.443 e. The molecule has 7 nitrogen and oxygen atoms in total. The van der Waals surface area contributed by atoms with Crippen LogP contribution in [-0.4, -0.2) is 52.9 Å². The molecule has 0 bridgehead atoms. The van der Waals surface area contributed by atoms with Crippen LogP contribution in [0.5, 0.6) is 0 Å². The van der Waals surface area contributed by atoms with E-state index in [1.807, 2.05) is 0 Å². The van der Waals surface area contributed by atoms with Crippen molar-refractivity contribution in [2.45, 2.75) is 77.5 Å². The summed E-state index contributed by atoms with van der Waals surface area (Å²) in [5, 5.41) is 0.316. The molecule has 0 saturated carbocycles. The molecule has 3 rings (SSSR count). The van der Waals surface area contributed by atoms with E-state index in [1.54, 1.807) is 60.0 Å². The highest BCUT2D eigenvalue weighted by atomic mass is 79.9. The summed E-state index contributed by atoms with van der Waals surface area (Å²) >= 11 is 6.72. The van der Waals surface area contributed by atoms with Crippen molar-refractivity contribution in [1.29, 1.82) is 0 Å². The average Bonchev–Trinajstić information content (AvgIpc) is 3.00. The summed E-state index contributed by atoms with van der Waals surface area (Å²) in [5.41, 5.74) is -0.899. The van der Waals surface area contributed by atoms with E-state index in [0.717, 1.165) is 33.5 Å². The number of methoxy groups -OCH3 is 1. The first-order chi connectivity index (χ1) is 15.2. The van der Waals surface area contributed by atoms with Crippen LogP contribution in [0, 0.1) is 5.92 Å². The van der Waals surface area contributed by atoms with Gasteiger partial charge in [-0.25, -0.2) is 14.6 Å². The lowest BCUT2D eigenvalue weighted by molar-refractivity contribution is 0.0150. The van der Waals surface area contributed by atoms with Crippen molar-refractivity contribution in [2.75, 3.05) is 19.5 Å². The van der Waals surface area contributed by atoms with Crippen molar-refractivity contribution in [3.63, 3.8) is 0 Å². The summed E-state index contributed by atoms with van der Waals surface area (Å²) in [5.74, 6) is 1.02. The molecule has 2 aliphatic rings. The number of nitrogens with zero attached hydrogens (tertiary/aromatic N) is 2. The Kier molecular flexibility index (Phi) is 7.93. The molecule has 2 heterocycles. The van der Waals surface area contributed by atoms with Gasteiger partial charge in [0, 0.05) is 24.3 Å². The summed E-state index contributed by atoms with van der Waals surface area (Å²) in [6.45, 7) is 11.2. The fraction of sp³-hybridized carbons (Fsp3) is 0.696. The number of ether oxygens (including phenoxy) is 3. The van der Waals surface area contributed by atoms with Gasteiger partial charge in [0.1, 0.15) is 11.2 Å².